The molecule has 1 atom stereocenters. The maximum absolute atomic E-state index is 12.9. The van der Waals surface area contributed by atoms with Crippen LogP contribution >= 0.6 is 0 Å². The van der Waals surface area contributed by atoms with E-state index in [4.69, 9.17) is 4.74 Å². The number of hydrogen-bond donors (Lipinski definition) is 1. The number of carbonyl (C=O) groups excluding carboxylic acids is 2. The van der Waals surface area contributed by atoms with Crippen molar-refractivity contribution < 1.29 is 18.7 Å². The number of nitrogens with one attached hydrogen (secondary N) is 1. The highest BCUT2D eigenvalue weighted by atomic mass is 19.1. The van der Waals surface area contributed by atoms with E-state index >= 15 is 0 Å². The number of rotatable bonds is 5. The molecule has 4 bridgehead atoms. The van der Waals surface area contributed by atoms with Crippen LogP contribution in [-0.4, -0.2) is 23.5 Å². The maximum atomic E-state index is 12.9. The molecule has 4 nitrogen and oxygen atoms in total. The molecule has 0 heterocycles. The van der Waals surface area contributed by atoms with E-state index in [-0.39, 0.29) is 23.7 Å². The highest BCUT2D eigenvalue weighted by Crippen LogP contribution is 2.55. The standard InChI is InChI=1S/C21H26FNO3/c1-13(26-19(24)9-14-2-4-18(22)5-3-14)20(25)23-21-10-15-6-16(11-21)8-17(7-15)12-21/h2-5,13,15-17H,6-12H2,1H3,(H,23,25)/t13-,15?,16?,17?,21?/m0/s1. The molecule has 1 aromatic rings. The Morgan fingerprint density at radius 3 is 2.19 bits per heavy atom. The summed E-state index contributed by atoms with van der Waals surface area (Å²) in [6, 6.07) is 5.73. The highest BCUT2D eigenvalue weighted by Gasteiger charge is 2.51. The molecule has 1 N–H and O–H groups in total. The van der Waals surface area contributed by atoms with Gasteiger partial charge in [-0.05, 0) is 80.9 Å². The molecule has 1 amide bonds. The van der Waals surface area contributed by atoms with Gasteiger partial charge in [-0.25, -0.2) is 4.39 Å². The van der Waals surface area contributed by atoms with Gasteiger partial charge in [0, 0.05) is 5.54 Å². The number of esters is 1. The Bertz CT molecular complexity index is 664. The van der Waals surface area contributed by atoms with E-state index in [1.165, 1.54) is 31.4 Å². The lowest BCUT2D eigenvalue weighted by Gasteiger charge is -2.57. The average Bonchev–Trinajstić information content (AvgIpc) is 2.55. The van der Waals surface area contributed by atoms with Gasteiger partial charge in [-0.3, -0.25) is 9.59 Å². The SMILES string of the molecule is C[C@H](OC(=O)Cc1ccc(F)cc1)C(=O)NC12CC3CC(CC(C3)C1)C2. The van der Waals surface area contributed by atoms with E-state index in [1.54, 1.807) is 19.1 Å². The molecule has 0 aromatic heterocycles. The summed E-state index contributed by atoms with van der Waals surface area (Å²) in [7, 11) is 0. The van der Waals surface area contributed by atoms with Crippen LogP contribution in [0.1, 0.15) is 51.0 Å². The Hall–Kier alpha value is -1.91. The number of amides is 1. The molecular formula is C21H26FNO3. The smallest absolute Gasteiger partial charge is 0.311 e. The molecule has 0 radical (unpaired) electrons. The van der Waals surface area contributed by atoms with Gasteiger partial charge in [0.2, 0.25) is 0 Å². The zero-order valence-corrected chi connectivity index (χ0v) is 15.2. The number of hydrogen-bond acceptors (Lipinski definition) is 3. The van der Waals surface area contributed by atoms with Crippen molar-refractivity contribution in [2.24, 2.45) is 17.8 Å². The van der Waals surface area contributed by atoms with Crippen molar-refractivity contribution in [2.45, 2.75) is 63.5 Å². The number of ether oxygens (including phenoxy) is 1. The van der Waals surface area contributed by atoms with Crippen LogP contribution in [0.25, 0.3) is 0 Å². The van der Waals surface area contributed by atoms with Crippen molar-refractivity contribution in [1.82, 2.24) is 5.32 Å². The van der Waals surface area contributed by atoms with Crippen molar-refractivity contribution in [3.63, 3.8) is 0 Å². The average molecular weight is 359 g/mol. The second-order valence-electron chi connectivity index (χ2n) is 8.62. The summed E-state index contributed by atoms with van der Waals surface area (Å²) in [5.74, 6) is 1.24. The van der Waals surface area contributed by atoms with E-state index < -0.39 is 12.1 Å². The van der Waals surface area contributed by atoms with Gasteiger partial charge >= 0.3 is 5.97 Å². The summed E-state index contributed by atoms with van der Waals surface area (Å²) >= 11 is 0. The summed E-state index contributed by atoms with van der Waals surface area (Å²) in [6.07, 6.45) is 6.39. The van der Waals surface area contributed by atoms with Crippen LogP contribution in [-0.2, 0) is 20.7 Å². The first kappa shape index (κ1) is 17.5. The quantitative estimate of drug-likeness (QED) is 0.820. The third-order valence-electron chi connectivity index (χ3n) is 6.37. The minimum atomic E-state index is -0.809. The molecule has 0 aliphatic heterocycles. The van der Waals surface area contributed by atoms with Gasteiger partial charge in [-0.1, -0.05) is 12.1 Å². The van der Waals surface area contributed by atoms with Crippen LogP contribution in [0.15, 0.2) is 24.3 Å². The van der Waals surface area contributed by atoms with Crippen LogP contribution in [0.3, 0.4) is 0 Å². The zero-order valence-electron chi connectivity index (χ0n) is 15.2. The fraction of sp³-hybridized carbons (Fsp3) is 0.619. The predicted octanol–water partition coefficient (Wildman–Crippen LogP) is 3.38. The molecule has 4 aliphatic carbocycles. The molecule has 26 heavy (non-hydrogen) atoms. The number of benzene rings is 1. The van der Waals surface area contributed by atoms with E-state index in [1.807, 2.05) is 0 Å². The first-order valence-corrected chi connectivity index (χ1v) is 9.67. The van der Waals surface area contributed by atoms with Crippen molar-refractivity contribution in [1.29, 1.82) is 0 Å². The van der Waals surface area contributed by atoms with Crippen LogP contribution < -0.4 is 5.32 Å². The normalized spacial score (nSPS) is 32.9. The van der Waals surface area contributed by atoms with Gasteiger partial charge in [0.15, 0.2) is 6.10 Å². The molecule has 5 heteroatoms. The summed E-state index contributed by atoms with van der Waals surface area (Å²) in [5, 5.41) is 3.24. The van der Waals surface area contributed by atoms with E-state index in [0.29, 0.717) is 5.56 Å². The van der Waals surface area contributed by atoms with Crippen LogP contribution in [0.2, 0.25) is 0 Å². The molecule has 4 fully saturated rings. The van der Waals surface area contributed by atoms with Gasteiger partial charge in [-0.2, -0.15) is 0 Å². The number of halogens is 1. The third kappa shape index (κ3) is 3.62. The lowest BCUT2D eigenvalue weighted by Crippen LogP contribution is -2.61. The van der Waals surface area contributed by atoms with Crippen molar-refractivity contribution in [3.8, 4) is 0 Å². The molecule has 4 aliphatic rings. The van der Waals surface area contributed by atoms with Gasteiger partial charge in [0.1, 0.15) is 5.82 Å². The van der Waals surface area contributed by atoms with Gasteiger partial charge in [-0.15, -0.1) is 0 Å². The lowest BCUT2D eigenvalue weighted by molar-refractivity contribution is -0.156. The van der Waals surface area contributed by atoms with E-state index in [2.05, 4.69) is 5.32 Å². The summed E-state index contributed by atoms with van der Waals surface area (Å²) in [5.41, 5.74) is 0.591. The largest absolute Gasteiger partial charge is 0.452 e. The van der Waals surface area contributed by atoms with Gasteiger partial charge < -0.3 is 10.1 Å². The fourth-order valence-electron chi connectivity index (χ4n) is 5.69. The first-order chi connectivity index (χ1) is 12.4. The van der Waals surface area contributed by atoms with Gasteiger partial charge in [0.05, 0.1) is 6.42 Å². The van der Waals surface area contributed by atoms with Gasteiger partial charge in [0.25, 0.3) is 5.91 Å². The second-order valence-corrected chi connectivity index (χ2v) is 8.62. The second kappa shape index (κ2) is 6.67. The number of carbonyl (C=O) groups is 2. The minimum Gasteiger partial charge on any atom is -0.452 e. The van der Waals surface area contributed by atoms with E-state index in [0.717, 1.165) is 37.0 Å². The zero-order chi connectivity index (χ0) is 18.3. The molecule has 140 valence electrons. The third-order valence-corrected chi connectivity index (χ3v) is 6.37. The molecule has 5 rings (SSSR count). The maximum Gasteiger partial charge on any atom is 0.311 e. The van der Waals surface area contributed by atoms with Crippen molar-refractivity contribution in [3.05, 3.63) is 35.6 Å². The Balaban J connectivity index is 1.32. The molecule has 0 saturated heterocycles. The fourth-order valence-corrected chi connectivity index (χ4v) is 5.69. The molecule has 0 spiro atoms. The Kier molecular flexibility index (Phi) is 4.49. The van der Waals surface area contributed by atoms with Crippen LogP contribution in [0.4, 0.5) is 4.39 Å². The van der Waals surface area contributed by atoms with Crippen LogP contribution in [0, 0.1) is 23.6 Å². The topological polar surface area (TPSA) is 55.4 Å². The summed E-state index contributed by atoms with van der Waals surface area (Å²) < 4.78 is 18.2. The molecular weight excluding hydrogens is 333 g/mol. The van der Waals surface area contributed by atoms with Crippen LogP contribution in [0.5, 0.6) is 0 Å². The predicted molar refractivity (Wildman–Crippen MR) is 94.7 cm³/mol. The Morgan fingerprint density at radius 2 is 1.65 bits per heavy atom. The van der Waals surface area contributed by atoms with E-state index in [9.17, 15) is 14.0 Å². The summed E-state index contributed by atoms with van der Waals surface area (Å²) in [6.45, 7) is 1.62. The Labute approximate surface area is 153 Å². The molecule has 1 aromatic carbocycles. The van der Waals surface area contributed by atoms with Crippen molar-refractivity contribution >= 4 is 11.9 Å². The Morgan fingerprint density at radius 1 is 1.12 bits per heavy atom. The highest BCUT2D eigenvalue weighted by molar-refractivity contribution is 5.84. The van der Waals surface area contributed by atoms with Crippen molar-refractivity contribution in [2.75, 3.05) is 0 Å². The minimum absolute atomic E-state index is 0.0370. The molecule has 4 saturated carbocycles. The molecule has 0 unspecified atom stereocenters. The summed E-state index contributed by atoms with van der Waals surface area (Å²) in [4.78, 5) is 24.7. The monoisotopic (exact) mass is 359 g/mol. The lowest BCUT2D eigenvalue weighted by atomic mass is 9.53. The first-order valence-electron chi connectivity index (χ1n) is 9.67.